The second kappa shape index (κ2) is 5.33. The Morgan fingerprint density at radius 3 is 2.91 bits per heavy atom. The Labute approximate surface area is 68.6 Å². The first-order chi connectivity index (χ1) is 5.43. The molecule has 0 saturated heterocycles. The minimum absolute atomic E-state index is 0.740. The molecule has 0 spiro atoms. The summed E-state index contributed by atoms with van der Waals surface area (Å²) in [5, 5.41) is 3.44. The van der Waals surface area contributed by atoms with Gasteiger partial charge in [0.2, 0.25) is 0 Å². The van der Waals surface area contributed by atoms with Gasteiger partial charge in [0, 0.05) is 13.2 Å². The van der Waals surface area contributed by atoms with Crippen molar-refractivity contribution >= 4 is 0 Å². The molecule has 0 unspecified atom stereocenters. The van der Waals surface area contributed by atoms with Crippen molar-refractivity contribution in [1.29, 1.82) is 0 Å². The zero-order valence-corrected chi connectivity index (χ0v) is 7.18. The number of methoxy groups -OCH3 is 1. The third-order valence-electron chi connectivity index (χ3n) is 1.75. The van der Waals surface area contributed by atoms with Crippen molar-refractivity contribution in [3.8, 4) is 0 Å². The third kappa shape index (κ3) is 4.99. The lowest BCUT2D eigenvalue weighted by molar-refractivity contribution is 0.233. The van der Waals surface area contributed by atoms with Gasteiger partial charge in [0.25, 0.3) is 0 Å². The number of nitrogens with one attached hydrogen (secondary N) is 1. The van der Waals surface area contributed by atoms with Crippen LogP contribution in [-0.4, -0.2) is 26.3 Å². The minimum Gasteiger partial charge on any atom is -0.381 e. The van der Waals surface area contributed by atoms with Gasteiger partial charge in [-0.15, -0.1) is 0 Å². The second-order valence-electron chi connectivity index (χ2n) is 2.94. The first kappa shape index (κ1) is 8.75. The van der Waals surface area contributed by atoms with Crippen molar-refractivity contribution in [2.75, 3.05) is 20.3 Å². The SMILES string of the molecule is COCC=CCCNC1CC1. The molecule has 0 aliphatic heterocycles. The summed E-state index contributed by atoms with van der Waals surface area (Å²) in [5.74, 6) is 0. The van der Waals surface area contributed by atoms with E-state index in [4.69, 9.17) is 4.74 Å². The van der Waals surface area contributed by atoms with E-state index in [1.54, 1.807) is 7.11 Å². The van der Waals surface area contributed by atoms with E-state index in [2.05, 4.69) is 17.5 Å². The maximum absolute atomic E-state index is 4.87. The number of ether oxygens (including phenoxy) is 1. The molecule has 2 heteroatoms. The molecule has 0 heterocycles. The monoisotopic (exact) mass is 155 g/mol. The highest BCUT2D eigenvalue weighted by atomic mass is 16.5. The normalized spacial score (nSPS) is 17.9. The average Bonchev–Trinajstić information content (AvgIpc) is 2.80. The van der Waals surface area contributed by atoms with Crippen molar-refractivity contribution in [3.63, 3.8) is 0 Å². The fourth-order valence-electron chi connectivity index (χ4n) is 0.940. The van der Waals surface area contributed by atoms with Crippen LogP contribution in [0, 0.1) is 0 Å². The van der Waals surface area contributed by atoms with Crippen molar-refractivity contribution in [2.45, 2.75) is 25.3 Å². The fourth-order valence-corrected chi connectivity index (χ4v) is 0.940. The summed E-state index contributed by atoms with van der Waals surface area (Å²) in [4.78, 5) is 0. The lowest BCUT2D eigenvalue weighted by Gasteiger charge is -1.96. The summed E-state index contributed by atoms with van der Waals surface area (Å²) in [6, 6.07) is 0.839. The highest BCUT2D eigenvalue weighted by Crippen LogP contribution is 2.18. The Bertz CT molecular complexity index is 119. The van der Waals surface area contributed by atoms with Crippen LogP contribution in [0.4, 0.5) is 0 Å². The molecule has 1 rings (SSSR count). The van der Waals surface area contributed by atoms with Gasteiger partial charge >= 0.3 is 0 Å². The molecule has 0 atom stereocenters. The maximum Gasteiger partial charge on any atom is 0.0643 e. The Hall–Kier alpha value is -0.340. The van der Waals surface area contributed by atoms with Crippen LogP contribution in [0.15, 0.2) is 12.2 Å². The van der Waals surface area contributed by atoms with Gasteiger partial charge in [-0.3, -0.25) is 0 Å². The van der Waals surface area contributed by atoms with Gasteiger partial charge in [-0.1, -0.05) is 12.2 Å². The summed E-state index contributed by atoms with van der Waals surface area (Å²) in [7, 11) is 1.72. The fraction of sp³-hybridized carbons (Fsp3) is 0.778. The Balaban J connectivity index is 1.78. The molecule has 0 amide bonds. The Morgan fingerprint density at radius 2 is 2.27 bits per heavy atom. The second-order valence-corrected chi connectivity index (χ2v) is 2.94. The predicted octanol–water partition coefficient (Wildman–Crippen LogP) is 1.33. The highest BCUT2D eigenvalue weighted by Gasteiger charge is 2.18. The lowest BCUT2D eigenvalue weighted by Crippen LogP contribution is -2.16. The molecule has 0 aromatic heterocycles. The van der Waals surface area contributed by atoms with Crippen LogP contribution in [0.3, 0.4) is 0 Å². The van der Waals surface area contributed by atoms with Gasteiger partial charge < -0.3 is 10.1 Å². The molecule has 64 valence electrons. The lowest BCUT2D eigenvalue weighted by atomic mass is 10.4. The molecule has 1 aliphatic carbocycles. The van der Waals surface area contributed by atoms with Crippen LogP contribution >= 0.6 is 0 Å². The van der Waals surface area contributed by atoms with E-state index in [-0.39, 0.29) is 0 Å². The summed E-state index contributed by atoms with van der Waals surface area (Å²) < 4.78 is 4.87. The maximum atomic E-state index is 4.87. The summed E-state index contributed by atoms with van der Waals surface area (Å²) in [5.41, 5.74) is 0. The summed E-state index contributed by atoms with van der Waals surface area (Å²) >= 11 is 0. The Morgan fingerprint density at radius 1 is 1.45 bits per heavy atom. The zero-order valence-electron chi connectivity index (χ0n) is 7.18. The van der Waals surface area contributed by atoms with E-state index in [0.29, 0.717) is 0 Å². The van der Waals surface area contributed by atoms with Crippen molar-refractivity contribution in [2.24, 2.45) is 0 Å². The third-order valence-corrected chi connectivity index (χ3v) is 1.75. The van der Waals surface area contributed by atoms with Crippen LogP contribution in [-0.2, 0) is 4.74 Å². The van der Waals surface area contributed by atoms with E-state index in [1.165, 1.54) is 12.8 Å². The van der Waals surface area contributed by atoms with Gasteiger partial charge in [0.1, 0.15) is 0 Å². The predicted molar refractivity (Wildman–Crippen MR) is 46.7 cm³/mol. The van der Waals surface area contributed by atoms with E-state index < -0.39 is 0 Å². The standard InChI is InChI=1S/C9H17NO/c1-11-8-4-2-3-7-10-9-5-6-9/h2,4,9-10H,3,5-8H2,1H3. The van der Waals surface area contributed by atoms with Crippen LogP contribution in [0.2, 0.25) is 0 Å². The summed E-state index contributed by atoms with van der Waals surface area (Å²) in [6.45, 7) is 1.86. The smallest absolute Gasteiger partial charge is 0.0643 e. The molecular weight excluding hydrogens is 138 g/mol. The van der Waals surface area contributed by atoms with Gasteiger partial charge in [0.05, 0.1) is 6.61 Å². The number of hydrogen-bond donors (Lipinski definition) is 1. The number of hydrogen-bond acceptors (Lipinski definition) is 2. The van der Waals surface area contributed by atoms with Gasteiger partial charge in [-0.25, -0.2) is 0 Å². The molecule has 1 aliphatic rings. The molecule has 0 bridgehead atoms. The highest BCUT2D eigenvalue weighted by molar-refractivity contribution is 4.85. The van der Waals surface area contributed by atoms with Crippen molar-refractivity contribution in [3.05, 3.63) is 12.2 Å². The molecule has 11 heavy (non-hydrogen) atoms. The van der Waals surface area contributed by atoms with Crippen molar-refractivity contribution in [1.82, 2.24) is 5.32 Å². The molecule has 0 aromatic rings. The van der Waals surface area contributed by atoms with Crippen LogP contribution in [0.5, 0.6) is 0 Å². The van der Waals surface area contributed by atoms with Crippen LogP contribution in [0.1, 0.15) is 19.3 Å². The molecule has 1 N–H and O–H groups in total. The summed E-state index contributed by atoms with van der Waals surface area (Å²) in [6.07, 6.45) is 8.11. The number of rotatable bonds is 6. The first-order valence-electron chi connectivity index (χ1n) is 4.31. The van der Waals surface area contributed by atoms with E-state index >= 15 is 0 Å². The van der Waals surface area contributed by atoms with E-state index in [0.717, 1.165) is 25.6 Å². The van der Waals surface area contributed by atoms with Gasteiger partial charge in [-0.05, 0) is 25.8 Å². The molecule has 0 aromatic carbocycles. The molecule has 0 radical (unpaired) electrons. The first-order valence-corrected chi connectivity index (χ1v) is 4.31. The van der Waals surface area contributed by atoms with Gasteiger partial charge in [-0.2, -0.15) is 0 Å². The van der Waals surface area contributed by atoms with Crippen LogP contribution in [0.25, 0.3) is 0 Å². The average molecular weight is 155 g/mol. The van der Waals surface area contributed by atoms with E-state index in [1.807, 2.05) is 0 Å². The largest absolute Gasteiger partial charge is 0.381 e. The molecule has 1 fully saturated rings. The van der Waals surface area contributed by atoms with E-state index in [9.17, 15) is 0 Å². The van der Waals surface area contributed by atoms with Crippen molar-refractivity contribution < 1.29 is 4.74 Å². The van der Waals surface area contributed by atoms with Gasteiger partial charge in [0.15, 0.2) is 0 Å². The minimum atomic E-state index is 0.740. The quantitative estimate of drug-likeness (QED) is 0.461. The Kier molecular flexibility index (Phi) is 4.24. The molecular formula is C9H17NO. The zero-order chi connectivity index (χ0) is 7.94. The molecule has 2 nitrogen and oxygen atoms in total. The molecule has 1 saturated carbocycles. The topological polar surface area (TPSA) is 21.3 Å². The van der Waals surface area contributed by atoms with Crippen LogP contribution < -0.4 is 5.32 Å².